The molecule has 2 aromatic rings. The lowest BCUT2D eigenvalue weighted by atomic mass is 10.1. The number of aliphatic hydroxyl groups excluding tert-OH is 1. The summed E-state index contributed by atoms with van der Waals surface area (Å²) in [6, 6.07) is 5.80. The van der Waals surface area contributed by atoms with E-state index in [0.29, 0.717) is 6.42 Å². The highest BCUT2D eigenvalue weighted by Crippen LogP contribution is 2.24. The predicted molar refractivity (Wildman–Crippen MR) is 58.2 cm³/mol. The molecule has 0 atom stereocenters. The van der Waals surface area contributed by atoms with Gasteiger partial charge in [0.15, 0.2) is 0 Å². The molecule has 0 saturated heterocycles. The summed E-state index contributed by atoms with van der Waals surface area (Å²) in [5.41, 5.74) is 9.84. The number of fused-ring (bicyclic) bond motifs is 1. The molecule has 1 heterocycles. The molecule has 1 aromatic heterocycles. The summed E-state index contributed by atoms with van der Waals surface area (Å²) >= 11 is 0. The van der Waals surface area contributed by atoms with E-state index in [1.807, 2.05) is 25.1 Å². The van der Waals surface area contributed by atoms with Crippen LogP contribution in [0.2, 0.25) is 0 Å². The van der Waals surface area contributed by atoms with Crippen molar-refractivity contribution in [3.63, 3.8) is 0 Å². The van der Waals surface area contributed by atoms with Gasteiger partial charge in [0.1, 0.15) is 0 Å². The maximum absolute atomic E-state index is 8.95. The minimum atomic E-state index is 0.169. The Hall–Kier alpha value is -1.48. The molecule has 0 spiro atoms. The third-order valence-electron chi connectivity index (χ3n) is 2.51. The molecule has 74 valence electrons. The van der Waals surface area contributed by atoms with Crippen molar-refractivity contribution >= 4 is 16.6 Å². The first-order valence-electron chi connectivity index (χ1n) is 4.70. The molecule has 0 fully saturated rings. The van der Waals surface area contributed by atoms with Gasteiger partial charge in [-0.2, -0.15) is 0 Å². The molecule has 0 radical (unpaired) electrons. The number of hydrogen-bond donors (Lipinski definition) is 3. The lowest BCUT2D eigenvalue weighted by molar-refractivity contribution is 0.300. The molecule has 0 saturated carbocycles. The third kappa shape index (κ3) is 1.36. The van der Waals surface area contributed by atoms with Crippen LogP contribution in [0.3, 0.4) is 0 Å². The topological polar surface area (TPSA) is 62.0 Å². The second-order valence-corrected chi connectivity index (χ2v) is 3.51. The molecule has 1 aromatic carbocycles. The van der Waals surface area contributed by atoms with Crippen molar-refractivity contribution in [2.24, 2.45) is 0 Å². The van der Waals surface area contributed by atoms with Crippen LogP contribution in [-0.4, -0.2) is 16.7 Å². The predicted octanol–water partition coefficient (Wildman–Crippen LogP) is 1.59. The number of aromatic amines is 1. The summed E-state index contributed by atoms with van der Waals surface area (Å²) in [7, 11) is 0. The number of aryl methyl sites for hydroxylation is 1. The van der Waals surface area contributed by atoms with Crippen LogP contribution < -0.4 is 5.73 Å². The molecular formula is C11H14N2O. The van der Waals surface area contributed by atoms with Crippen LogP contribution in [0.25, 0.3) is 10.9 Å². The Morgan fingerprint density at radius 1 is 1.43 bits per heavy atom. The van der Waals surface area contributed by atoms with Crippen LogP contribution in [0, 0.1) is 6.92 Å². The summed E-state index contributed by atoms with van der Waals surface area (Å²) < 4.78 is 0. The summed E-state index contributed by atoms with van der Waals surface area (Å²) in [6.45, 7) is 2.18. The summed E-state index contributed by atoms with van der Waals surface area (Å²) in [5.74, 6) is 0. The zero-order valence-electron chi connectivity index (χ0n) is 8.17. The number of nitrogens with two attached hydrogens (primary N) is 1. The standard InChI is InChI=1S/C11H14N2O/c1-7-9(4-5-14)10-6-8(12)2-3-11(10)13-7/h2-3,6,13-14H,4-5,12H2,1H3. The first-order valence-corrected chi connectivity index (χ1v) is 4.70. The van der Waals surface area contributed by atoms with Crippen LogP contribution in [0.15, 0.2) is 18.2 Å². The highest BCUT2D eigenvalue weighted by Gasteiger charge is 2.07. The van der Waals surface area contributed by atoms with E-state index in [0.717, 1.165) is 27.8 Å². The smallest absolute Gasteiger partial charge is 0.0472 e. The Labute approximate surface area is 82.6 Å². The number of nitrogens with one attached hydrogen (secondary N) is 1. The zero-order chi connectivity index (χ0) is 10.1. The summed E-state index contributed by atoms with van der Waals surface area (Å²) in [6.07, 6.45) is 0.676. The Morgan fingerprint density at radius 2 is 2.21 bits per heavy atom. The van der Waals surface area contributed by atoms with Gasteiger partial charge in [0, 0.05) is 28.9 Å². The molecule has 0 aliphatic heterocycles. The Kier molecular flexibility index (Phi) is 2.17. The van der Waals surface area contributed by atoms with Gasteiger partial charge in [0.2, 0.25) is 0 Å². The summed E-state index contributed by atoms with van der Waals surface area (Å²) in [5, 5.41) is 10.1. The fourth-order valence-electron chi connectivity index (χ4n) is 1.83. The largest absolute Gasteiger partial charge is 0.399 e. The minimum Gasteiger partial charge on any atom is -0.399 e. The molecule has 4 N–H and O–H groups in total. The maximum Gasteiger partial charge on any atom is 0.0472 e. The summed E-state index contributed by atoms with van der Waals surface area (Å²) in [4.78, 5) is 3.27. The minimum absolute atomic E-state index is 0.169. The van der Waals surface area contributed by atoms with E-state index < -0.39 is 0 Å². The molecule has 0 aliphatic carbocycles. The van der Waals surface area contributed by atoms with Crippen molar-refractivity contribution in [3.8, 4) is 0 Å². The Bertz CT molecular complexity index is 460. The average molecular weight is 190 g/mol. The van der Waals surface area contributed by atoms with Gasteiger partial charge in [0.25, 0.3) is 0 Å². The van der Waals surface area contributed by atoms with Gasteiger partial charge in [-0.1, -0.05) is 0 Å². The van der Waals surface area contributed by atoms with Crippen LogP contribution in [0.5, 0.6) is 0 Å². The zero-order valence-corrected chi connectivity index (χ0v) is 8.17. The molecular weight excluding hydrogens is 176 g/mol. The number of benzene rings is 1. The second-order valence-electron chi connectivity index (χ2n) is 3.51. The number of nitrogen functional groups attached to an aromatic ring is 1. The van der Waals surface area contributed by atoms with E-state index in [9.17, 15) is 0 Å². The molecule has 0 aliphatic rings. The van der Waals surface area contributed by atoms with Crippen molar-refractivity contribution in [1.29, 1.82) is 0 Å². The van der Waals surface area contributed by atoms with Gasteiger partial charge in [0.05, 0.1) is 0 Å². The highest BCUT2D eigenvalue weighted by molar-refractivity contribution is 5.87. The number of anilines is 1. The number of aliphatic hydroxyl groups is 1. The Morgan fingerprint density at radius 3 is 2.93 bits per heavy atom. The normalized spacial score (nSPS) is 11.0. The van der Waals surface area contributed by atoms with Crippen LogP contribution in [0.4, 0.5) is 5.69 Å². The van der Waals surface area contributed by atoms with Gasteiger partial charge in [-0.15, -0.1) is 0 Å². The number of hydrogen-bond acceptors (Lipinski definition) is 2. The van der Waals surface area contributed by atoms with Crippen molar-refractivity contribution in [3.05, 3.63) is 29.5 Å². The molecule has 3 heteroatoms. The fourth-order valence-corrected chi connectivity index (χ4v) is 1.83. The van der Waals surface area contributed by atoms with E-state index in [-0.39, 0.29) is 6.61 Å². The fraction of sp³-hybridized carbons (Fsp3) is 0.273. The second kappa shape index (κ2) is 3.35. The molecule has 0 unspecified atom stereocenters. The van der Waals surface area contributed by atoms with Gasteiger partial charge in [-0.3, -0.25) is 0 Å². The van der Waals surface area contributed by atoms with Crippen LogP contribution >= 0.6 is 0 Å². The highest BCUT2D eigenvalue weighted by atomic mass is 16.2. The molecule has 0 bridgehead atoms. The maximum atomic E-state index is 8.95. The van der Waals surface area contributed by atoms with Crippen molar-refractivity contribution < 1.29 is 5.11 Å². The molecule has 14 heavy (non-hydrogen) atoms. The molecule has 0 amide bonds. The van der Waals surface area contributed by atoms with Gasteiger partial charge in [-0.05, 0) is 37.1 Å². The van der Waals surface area contributed by atoms with Crippen molar-refractivity contribution in [1.82, 2.24) is 4.98 Å². The van der Waals surface area contributed by atoms with E-state index >= 15 is 0 Å². The SMILES string of the molecule is Cc1[nH]c2ccc(N)cc2c1CCO. The van der Waals surface area contributed by atoms with E-state index in [4.69, 9.17) is 10.8 Å². The molecule has 3 nitrogen and oxygen atoms in total. The van der Waals surface area contributed by atoms with Crippen molar-refractivity contribution in [2.45, 2.75) is 13.3 Å². The lowest BCUT2D eigenvalue weighted by Gasteiger charge is -1.98. The number of aromatic nitrogens is 1. The van der Waals surface area contributed by atoms with Crippen LogP contribution in [0.1, 0.15) is 11.3 Å². The van der Waals surface area contributed by atoms with Crippen LogP contribution in [-0.2, 0) is 6.42 Å². The average Bonchev–Trinajstić information content (AvgIpc) is 2.45. The Balaban J connectivity index is 2.66. The van der Waals surface area contributed by atoms with E-state index in [2.05, 4.69) is 4.98 Å². The first kappa shape index (κ1) is 9.09. The lowest BCUT2D eigenvalue weighted by Crippen LogP contribution is -1.91. The number of rotatable bonds is 2. The van der Waals surface area contributed by atoms with E-state index in [1.165, 1.54) is 0 Å². The van der Waals surface area contributed by atoms with Crippen molar-refractivity contribution in [2.75, 3.05) is 12.3 Å². The van der Waals surface area contributed by atoms with Gasteiger partial charge in [-0.25, -0.2) is 0 Å². The van der Waals surface area contributed by atoms with Gasteiger partial charge >= 0.3 is 0 Å². The molecule has 2 rings (SSSR count). The quantitative estimate of drug-likeness (QED) is 0.630. The third-order valence-corrected chi connectivity index (χ3v) is 2.51. The number of H-pyrrole nitrogens is 1. The monoisotopic (exact) mass is 190 g/mol. The van der Waals surface area contributed by atoms with Gasteiger partial charge < -0.3 is 15.8 Å². The first-order chi connectivity index (χ1) is 6.72. The van der Waals surface area contributed by atoms with E-state index in [1.54, 1.807) is 0 Å².